The van der Waals surface area contributed by atoms with Crippen LogP contribution in [0.5, 0.6) is 0 Å². The quantitative estimate of drug-likeness (QED) is 0.629. The van der Waals surface area contributed by atoms with Gasteiger partial charge >= 0.3 is 0 Å². The number of hydrogen-bond acceptors (Lipinski definition) is 6. The molecular weight excluding hydrogens is 416 g/mol. The largest absolute Gasteiger partial charge is 0.383 e. The van der Waals surface area contributed by atoms with Crippen LogP contribution in [0.3, 0.4) is 0 Å². The monoisotopic (exact) mass is 442 g/mol. The molecule has 1 aliphatic rings. The molecule has 8 nitrogen and oxygen atoms in total. The van der Waals surface area contributed by atoms with Crippen LogP contribution in [0.1, 0.15) is 35.4 Å². The maximum absolute atomic E-state index is 13.2. The number of fused-ring (bicyclic) bond motifs is 1. The molecule has 1 N–H and O–H groups in total. The topological polar surface area (TPSA) is 103 Å². The average molecular weight is 443 g/mol. The van der Waals surface area contributed by atoms with E-state index in [0.717, 1.165) is 5.56 Å². The second kappa shape index (κ2) is 8.39. The number of pyridine rings is 1. The molecule has 1 fully saturated rings. The van der Waals surface area contributed by atoms with Crippen LogP contribution >= 0.6 is 0 Å². The lowest BCUT2D eigenvalue weighted by molar-refractivity contribution is 0.0907. The molecule has 31 heavy (non-hydrogen) atoms. The predicted molar refractivity (Wildman–Crippen MR) is 119 cm³/mol. The Morgan fingerprint density at radius 2 is 2.06 bits per heavy atom. The van der Waals surface area contributed by atoms with E-state index in [1.807, 2.05) is 44.2 Å². The molecule has 0 saturated carbocycles. The molecule has 3 aromatic rings. The lowest BCUT2D eigenvalue weighted by Crippen LogP contribution is -2.35. The minimum Gasteiger partial charge on any atom is -0.383 e. The van der Waals surface area contributed by atoms with Crippen LogP contribution in [0.25, 0.3) is 22.3 Å². The van der Waals surface area contributed by atoms with Crippen molar-refractivity contribution in [1.82, 2.24) is 20.1 Å². The van der Waals surface area contributed by atoms with Crippen LogP contribution in [0.2, 0.25) is 0 Å². The van der Waals surface area contributed by atoms with Crippen LogP contribution in [-0.2, 0) is 14.6 Å². The summed E-state index contributed by atoms with van der Waals surface area (Å²) in [6.07, 6.45) is 0.488. The first-order valence-corrected chi connectivity index (χ1v) is 12.1. The van der Waals surface area contributed by atoms with E-state index >= 15 is 0 Å². The Labute approximate surface area is 181 Å². The minimum atomic E-state index is -3.10. The van der Waals surface area contributed by atoms with Crippen LogP contribution in [0.15, 0.2) is 36.4 Å². The first-order valence-electron chi connectivity index (χ1n) is 10.2. The number of nitrogens with zero attached hydrogens (tertiary/aromatic N) is 3. The molecular formula is C22H26N4O4S. The first-order chi connectivity index (χ1) is 14.8. The molecule has 1 aromatic carbocycles. The van der Waals surface area contributed by atoms with Gasteiger partial charge in [-0.25, -0.2) is 18.1 Å². The summed E-state index contributed by atoms with van der Waals surface area (Å²) in [6.45, 7) is 4.09. The fourth-order valence-corrected chi connectivity index (χ4v) is 5.76. The fourth-order valence-electron chi connectivity index (χ4n) is 4.06. The number of nitrogens with one attached hydrogen (secondary N) is 1. The zero-order chi connectivity index (χ0) is 22.2. The van der Waals surface area contributed by atoms with E-state index in [4.69, 9.17) is 9.72 Å². The highest BCUT2D eigenvalue weighted by Crippen LogP contribution is 2.32. The number of rotatable bonds is 6. The summed E-state index contributed by atoms with van der Waals surface area (Å²) in [6, 6.07) is 10.9. The summed E-state index contributed by atoms with van der Waals surface area (Å²) in [4.78, 5) is 18.0. The highest BCUT2D eigenvalue weighted by Gasteiger charge is 2.32. The van der Waals surface area contributed by atoms with Crippen molar-refractivity contribution in [2.45, 2.75) is 32.4 Å². The number of sulfone groups is 1. The second-order valence-electron chi connectivity index (χ2n) is 8.04. The predicted octanol–water partition coefficient (Wildman–Crippen LogP) is 2.53. The van der Waals surface area contributed by atoms with E-state index in [1.165, 1.54) is 0 Å². The van der Waals surface area contributed by atoms with E-state index in [1.54, 1.807) is 17.9 Å². The summed E-state index contributed by atoms with van der Waals surface area (Å²) >= 11 is 0. The van der Waals surface area contributed by atoms with Crippen LogP contribution < -0.4 is 5.32 Å². The molecule has 2 atom stereocenters. The third-order valence-electron chi connectivity index (χ3n) is 5.50. The van der Waals surface area contributed by atoms with Crippen LogP contribution in [0.4, 0.5) is 0 Å². The summed E-state index contributed by atoms with van der Waals surface area (Å²) in [5, 5.41) is 8.22. The van der Waals surface area contributed by atoms with Crippen molar-refractivity contribution >= 4 is 26.8 Å². The van der Waals surface area contributed by atoms with Gasteiger partial charge in [0.1, 0.15) is 0 Å². The van der Waals surface area contributed by atoms with Crippen molar-refractivity contribution in [2.24, 2.45) is 0 Å². The number of amides is 1. The van der Waals surface area contributed by atoms with Crippen LogP contribution in [-0.4, -0.2) is 60.4 Å². The van der Waals surface area contributed by atoms with Crippen molar-refractivity contribution in [3.63, 3.8) is 0 Å². The van der Waals surface area contributed by atoms with Gasteiger partial charge in [-0.2, -0.15) is 5.10 Å². The van der Waals surface area contributed by atoms with Gasteiger partial charge in [-0.05, 0) is 26.3 Å². The Bertz CT molecular complexity index is 1220. The van der Waals surface area contributed by atoms with Gasteiger partial charge < -0.3 is 10.1 Å². The lowest BCUT2D eigenvalue weighted by atomic mass is 10.0. The van der Waals surface area contributed by atoms with Crippen LogP contribution in [0, 0.1) is 6.92 Å². The van der Waals surface area contributed by atoms with Gasteiger partial charge in [0, 0.05) is 18.7 Å². The number of benzene rings is 1. The number of ether oxygens (including phenoxy) is 1. The Balaban J connectivity index is 1.88. The zero-order valence-corrected chi connectivity index (χ0v) is 18.6. The SMILES string of the molecule is COC[C@H](C)NC(=O)c1cc(-c2ccccc2)nc2c1c(C)nn2[C@H]1CCS(=O)(=O)C1. The minimum absolute atomic E-state index is 0.0346. The van der Waals surface area contributed by atoms with Gasteiger partial charge in [0.2, 0.25) is 0 Å². The summed E-state index contributed by atoms with van der Waals surface area (Å²) in [5.74, 6) is -0.0682. The number of aryl methyl sites for hydroxylation is 1. The van der Waals surface area contributed by atoms with Crippen molar-refractivity contribution in [3.05, 3.63) is 47.7 Å². The molecule has 2 aromatic heterocycles. The number of methoxy groups -OCH3 is 1. The van der Waals surface area contributed by atoms with Gasteiger partial charge in [0.25, 0.3) is 5.91 Å². The number of carbonyl (C=O) groups is 1. The molecule has 9 heteroatoms. The molecule has 0 radical (unpaired) electrons. The van der Waals surface area contributed by atoms with Gasteiger partial charge in [0.05, 0.1) is 46.5 Å². The summed E-state index contributed by atoms with van der Waals surface area (Å²) in [7, 11) is -1.51. The van der Waals surface area contributed by atoms with E-state index in [-0.39, 0.29) is 29.5 Å². The molecule has 4 rings (SSSR count). The molecule has 0 spiro atoms. The molecule has 3 heterocycles. The van der Waals surface area contributed by atoms with Crippen molar-refractivity contribution in [3.8, 4) is 11.3 Å². The van der Waals surface area contributed by atoms with Gasteiger partial charge in [-0.1, -0.05) is 30.3 Å². The highest BCUT2D eigenvalue weighted by atomic mass is 32.2. The standard InChI is InChI=1S/C22H26N4O4S/c1-14(12-30-3)23-22(27)18-11-19(16-7-5-4-6-8-16)24-21-20(18)15(2)25-26(21)17-9-10-31(28,29)13-17/h4-8,11,14,17H,9-10,12-13H2,1-3H3,(H,23,27)/t14-,17-/m0/s1. The normalized spacial score (nSPS) is 18.9. The lowest BCUT2D eigenvalue weighted by Gasteiger charge is -2.15. The molecule has 1 saturated heterocycles. The zero-order valence-electron chi connectivity index (χ0n) is 17.8. The highest BCUT2D eigenvalue weighted by molar-refractivity contribution is 7.91. The Morgan fingerprint density at radius 1 is 1.32 bits per heavy atom. The molecule has 164 valence electrons. The average Bonchev–Trinajstić information content (AvgIpc) is 3.27. The molecule has 1 amide bonds. The van der Waals surface area contributed by atoms with Gasteiger partial charge in [-0.3, -0.25) is 4.79 Å². The van der Waals surface area contributed by atoms with Crippen molar-refractivity contribution in [2.75, 3.05) is 25.2 Å². The molecule has 0 unspecified atom stereocenters. The van der Waals surface area contributed by atoms with E-state index in [0.29, 0.717) is 41.0 Å². The third kappa shape index (κ3) is 4.33. The number of hydrogen-bond donors (Lipinski definition) is 1. The maximum atomic E-state index is 13.2. The third-order valence-corrected chi connectivity index (χ3v) is 7.25. The maximum Gasteiger partial charge on any atom is 0.252 e. The summed E-state index contributed by atoms with van der Waals surface area (Å²) in [5.41, 5.74) is 3.16. The van der Waals surface area contributed by atoms with E-state index in [9.17, 15) is 13.2 Å². The van der Waals surface area contributed by atoms with Crippen molar-refractivity contribution < 1.29 is 17.9 Å². The molecule has 0 bridgehead atoms. The second-order valence-corrected chi connectivity index (χ2v) is 10.3. The summed E-state index contributed by atoms with van der Waals surface area (Å²) < 4.78 is 31.0. The smallest absolute Gasteiger partial charge is 0.252 e. The fraction of sp³-hybridized carbons (Fsp3) is 0.409. The van der Waals surface area contributed by atoms with Gasteiger partial charge in [-0.15, -0.1) is 0 Å². The number of carbonyl (C=O) groups excluding carboxylic acids is 1. The Kier molecular flexibility index (Phi) is 5.81. The Hall–Kier alpha value is -2.78. The van der Waals surface area contributed by atoms with Crippen molar-refractivity contribution in [1.29, 1.82) is 0 Å². The molecule has 0 aliphatic carbocycles. The first kappa shape index (κ1) is 21.5. The van der Waals surface area contributed by atoms with Gasteiger partial charge in [0.15, 0.2) is 15.5 Å². The Morgan fingerprint density at radius 3 is 2.71 bits per heavy atom. The molecule has 1 aliphatic heterocycles. The number of aromatic nitrogens is 3. The van der Waals surface area contributed by atoms with E-state index in [2.05, 4.69) is 10.4 Å². The van der Waals surface area contributed by atoms with E-state index < -0.39 is 9.84 Å².